The second kappa shape index (κ2) is 34.6. The van der Waals surface area contributed by atoms with E-state index in [0.29, 0.717) is 48.4 Å². The summed E-state index contributed by atoms with van der Waals surface area (Å²) >= 11 is 0. The first-order chi connectivity index (χ1) is 26.3. The van der Waals surface area contributed by atoms with Crippen molar-refractivity contribution in [1.29, 1.82) is 0 Å². The standard InChI is InChI=1S/C46H82N4O4/c1-5-9-13-17-21-25-29-33-43(51)47-39-37-41(49-45(53)35-31-27-23-19-15-11-7-3)42(50-46(54)36-32-28-24-20-16-12-8-4)38-40(39)48-44(52)34-30-26-22-18-14-10-6-2/h37-38H,5-36H2,1-4H3,(H,47,51)(H,48,52)(H,49,53)(H,50,54). The van der Waals surface area contributed by atoms with Gasteiger partial charge in [-0.25, -0.2) is 0 Å². The van der Waals surface area contributed by atoms with Crippen molar-refractivity contribution < 1.29 is 19.2 Å². The molecule has 0 saturated heterocycles. The van der Waals surface area contributed by atoms with Gasteiger partial charge in [-0.1, -0.05) is 182 Å². The summed E-state index contributed by atoms with van der Waals surface area (Å²) in [5, 5.41) is 12.2. The van der Waals surface area contributed by atoms with E-state index < -0.39 is 0 Å². The summed E-state index contributed by atoms with van der Waals surface area (Å²) in [6.07, 6.45) is 32.8. The summed E-state index contributed by atoms with van der Waals surface area (Å²) in [5.74, 6) is -0.492. The number of hydrogen-bond donors (Lipinski definition) is 4. The van der Waals surface area contributed by atoms with Gasteiger partial charge in [0.2, 0.25) is 23.6 Å². The van der Waals surface area contributed by atoms with E-state index in [4.69, 9.17) is 0 Å². The summed E-state index contributed by atoms with van der Waals surface area (Å²) < 4.78 is 0. The van der Waals surface area contributed by atoms with Crippen LogP contribution in [0.4, 0.5) is 22.7 Å². The lowest BCUT2D eigenvalue weighted by Gasteiger charge is -2.19. The monoisotopic (exact) mass is 755 g/mol. The third-order valence-corrected chi connectivity index (χ3v) is 10.3. The van der Waals surface area contributed by atoms with E-state index in [0.717, 1.165) is 77.0 Å². The molecule has 4 N–H and O–H groups in total. The highest BCUT2D eigenvalue weighted by Gasteiger charge is 2.18. The molecule has 54 heavy (non-hydrogen) atoms. The van der Waals surface area contributed by atoms with Crippen LogP contribution in [0.1, 0.15) is 233 Å². The zero-order valence-corrected chi connectivity index (χ0v) is 35.4. The molecule has 0 bridgehead atoms. The van der Waals surface area contributed by atoms with E-state index in [1.165, 1.54) is 103 Å². The molecule has 0 spiro atoms. The van der Waals surface area contributed by atoms with Gasteiger partial charge in [0.1, 0.15) is 0 Å². The van der Waals surface area contributed by atoms with Gasteiger partial charge in [0, 0.05) is 25.7 Å². The highest BCUT2D eigenvalue weighted by Crippen LogP contribution is 2.35. The number of nitrogens with one attached hydrogen (secondary N) is 4. The van der Waals surface area contributed by atoms with Crippen LogP contribution in [0.2, 0.25) is 0 Å². The molecule has 0 aliphatic rings. The minimum absolute atomic E-state index is 0.123. The Kier molecular flexibility index (Phi) is 31.5. The summed E-state index contributed by atoms with van der Waals surface area (Å²) in [6.45, 7) is 8.84. The zero-order valence-electron chi connectivity index (χ0n) is 35.4. The van der Waals surface area contributed by atoms with Crippen LogP contribution in [0.25, 0.3) is 0 Å². The average molecular weight is 755 g/mol. The van der Waals surface area contributed by atoms with Gasteiger partial charge >= 0.3 is 0 Å². The first-order valence-corrected chi connectivity index (χ1v) is 22.7. The molecule has 0 atom stereocenters. The van der Waals surface area contributed by atoms with Crippen molar-refractivity contribution in [2.24, 2.45) is 0 Å². The molecule has 0 saturated carbocycles. The van der Waals surface area contributed by atoms with Crippen LogP contribution in [0.3, 0.4) is 0 Å². The maximum absolute atomic E-state index is 13.2. The fourth-order valence-corrected chi connectivity index (χ4v) is 6.83. The Morgan fingerprint density at radius 2 is 0.463 bits per heavy atom. The summed E-state index contributed by atoms with van der Waals surface area (Å²) in [6, 6.07) is 3.41. The first-order valence-electron chi connectivity index (χ1n) is 22.7. The van der Waals surface area contributed by atoms with Crippen molar-refractivity contribution in [2.45, 2.75) is 233 Å². The minimum Gasteiger partial charge on any atom is -0.324 e. The summed E-state index contributed by atoms with van der Waals surface area (Å²) in [7, 11) is 0. The molecule has 8 nitrogen and oxygen atoms in total. The van der Waals surface area contributed by atoms with Crippen LogP contribution < -0.4 is 21.3 Å². The summed E-state index contributed by atoms with van der Waals surface area (Å²) in [5.41, 5.74) is 1.75. The molecule has 310 valence electrons. The van der Waals surface area contributed by atoms with Gasteiger partial charge < -0.3 is 21.3 Å². The Morgan fingerprint density at radius 3 is 0.648 bits per heavy atom. The molecule has 1 aromatic carbocycles. The van der Waals surface area contributed by atoms with E-state index >= 15 is 0 Å². The molecule has 8 heteroatoms. The number of rotatable bonds is 36. The smallest absolute Gasteiger partial charge is 0.224 e. The lowest BCUT2D eigenvalue weighted by Crippen LogP contribution is -2.20. The van der Waals surface area contributed by atoms with Gasteiger partial charge in [0.05, 0.1) is 22.7 Å². The maximum atomic E-state index is 13.2. The molecule has 4 amide bonds. The number of carbonyl (C=O) groups excluding carboxylic acids is 4. The predicted octanol–water partition coefficient (Wildman–Crippen LogP) is 14.0. The number of anilines is 4. The van der Waals surface area contributed by atoms with Crippen LogP contribution in [-0.2, 0) is 19.2 Å². The van der Waals surface area contributed by atoms with Crippen LogP contribution >= 0.6 is 0 Å². The second-order valence-electron chi connectivity index (χ2n) is 15.6. The van der Waals surface area contributed by atoms with E-state index in [2.05, 4.69) is 49.0 Å². The van der Waals surface area contributed by atoms with Gasteiger partial charge in [0.25, 0.3) is 0 Å². The van der Waals surface area contributed by atoms with Crippen molar-refractivity contribution in [1.82, 2.24) is 0 Å². The molecule has 0 aromatic heterocycles. The van der Waals surface area contributed by atoms with Gasteiger partial charge in [0.15, 0.2) is 0 Å². The van der Waals surface area contributed by atoms with Crippen molar-refractivity contribution in [3.8, 4) is 0 Å². The predicted molar refractivity (Wildman–Crippen MR) is 231 cm³/mol. The third-order valence-electron chi connectivity index (χ3n) is 10.3. The van der Waals surface area contributed by atoms with Crippen molar-refractivity contribution in [3.63, 3.8) is 0 Å². The van der Waals surface area contributed by atoms with Gasteiger partial charge in [-0.2, -0.15) is 0 Å². The van der Waals surface area contributed by atoms with Crippen LogP contribution in [0, 0.1) is 0 Å². The average Bonchev–Trinajstić information content (AvgIpc) is 3.15. The fraction of sp³-hybridized carbons (Fsp3) is 0.783. The lowest BCUT2D eigenvalue weighted by molar-refractivity contribution is -0.117. The summed E-state index contributed by atoms with van der Waals surface area (Å²) in [4.78, 5) is 52.9. The molecule has 1 rings (SSSR count). The van der Waals surface area contributed by atoms with E-state index in [1.807, 2.05) is 0 Å². The molecular weight excluding hydrogens is 673 g/mol. The SMILES string of the molecule is CCCCCCCCCC(=O)Nc1cc(NC(=O)CCCCCCCCC)c(NC(=O)CCCCCCCCC)cc1NC(=O)CCCCCCCCC. The highest BCUT2D eigenvalue weighted by atomic mass is 16.2. The van der Waals surface area contributed by atoms with E-state index in [-0.39, 0.29) is 23.6 Å². The molecule has 0 unspecified atom stereocenters. The van der Waals surface area contributed by atoms with Crippen LogP contribution in [0.15, 0.2) is 12.1 Å². The Morgan fingerprint density at radius 1 is 0.296 bits per heavy atom. The Bertz CT molecular complexity index is 968. The van der Waals surface area contributed by atoms with Crippen molar-refractivity contribution in [3.05, 3.63) is 12.1 Å². The zero-order chi connectivity index (χ0) is 39.5. The molecular formula is C46H82N4O4. The van der Waals surface area contributed by atoms with Crippen LogP contribution in [-0.4, -0.2) is 23.6 Å². The minimum atomic E-state index is -0.123. The van der Waals surface area contributed by atoms with Gasteiger partial charge in [-0.15, -0.1) is 0 Å². The number of benzene rings is 1. The van der Waals surface area contributed by atoms with Crippen LogP contribution in [0.5, 0.6) is 0 Å². The number of amides is 4. The molecule has 1 aromatic rings. The fourth-order valence-electron chi connectivity index (χ4n) is 6.83. The van der Waals surface area contributed by atoms with E-state index in [9.17, 15) is 19.2 Å². The van der Waals surface area contributed by atoms with Crippen molar-refractivity contribution in [2.75, 3.05) is 21.3 Å². The molecule has 0 aliphatic heterocycles. The number of unbranched alkanes of at least 4 members (excludes halogenated alkanes) is 24. The topological polar surface area (TPSA) is 116 Å². The maximum Gasteiger partial charge on any atom is 0.224 e. The molecule has 0 heterocycles. The molecule has 0 fully saturated rings. The van der Waals surface area contributed by atoms with E-state index in [1.54, 1.807) is 12.1 Å². The third kappa shape index (κ3) is 26.8. The highest BCUT2D eigenvalue weighted by molar-refractivity contribution is 6.06. The lowest BCUT2D eigenvalue weighted by atomic mass is 10.1. The normalized spacial score (nSPS) is 11.0. The van der Waals surface area contributed by atoms with Crippen molar-refractivity contribution >= 4 is 46.4 Å². The largest absolute Gasteiger partial charge is 0.324 e. The second-order valence-corrected chi connectivity index (χ2v) is 15.6. The van der Waals surface area contributed by atoms with Gasteiger partial charge in [-0.05, 0) is 37.8 Å². The quantitative estimate of drug-likeness (QED) is 0.0510. The first kappa shape index (κ1) is 49.1. The Hall–Kier alpha value is -2.90. The molecule has 0 radical (unpaired) electrons. The Labute approximate surface area is 331 Å². The van der Waals surface area contributed by atoms with Gasteiger partial charge in [-0.3, -0.25) is 19.2 Å². The number of carbonyl (C=O) groups is 4. The number of hydrogen-bond acceptors (Lipinski definition) is 4. The Balaban J connectivity index is 3.13. The molecule has 0 aliphatic carbocycles.